The van der Waals surface area contributed by atoms with Gasteiger partial charge in [-0.3, -0.25) is 9.98 Å². The van der Waals surface area contributed by atoms with Gasteiger partial charge in [-0.25, -0.2) is 0 Å². The molecule has 1 saturated carbocycles. The molecule has 22 heavy (non-hydrogen) atoms. The van der Waals surface area contributed by atoms with Crippen LogP contribution in [0.4, 0.5) is 5.69 Å². The lowest BCUT2D eigenvalue weighted by Crippen LogP contribution is -2.24. The second kappa shape index (κ2) is 10.3. The lowest BCUT2D eigenvalue weighted by molar-refractivity contribution is 0.462. The standard InChI is InChI=1S/C15H24N4.C3H8/c1-11-14(10-17-2)15(12(8-16)9-18-11)19-13-6-4-3-5-7-13;1-3-2/h9-10,13H,3-8,16H2,1-2H3,(H,18,19);3H2,1-2H3. The maximum Gasteiger partial charge on any atom is 0.0510 e. The lowest BCUT2D eigenvalue weighted by atomic mass is 9.94. The molecule has 0 aromatic carbocycles. The van der Waals surface area contributed by atoms with E-state index in [1.165, 1.54) is 38.5 Å². The third-order valence-corrected chi connectivity index (χ3v) is 3.83. The third kappa shape index (κ3) is 5.41. The van der Waals surface area contributed by atoms with E-state index in [0.717, 1.165) is 22.5 Å². The van der Waals surface area contributed by atoms with Gasteiger partial charge in [-0.05, 0) is 19.8 Å². The normalized spacial score (nSPS) is 15.5. The number of aliphatic imine (C=N–C) groups is 1. The van der Waals surface area contributed by atoms with E-state index < -0.39 is 0 Å². The lowest BCUT2D eigenvalue weighted by Gasteiger charge is -2.26. The average Bonchev–Trinajstić information content (AvgIpc) is 2.53. The van der Waals surface area contributed by atoms with Crippen molar-refractivity contribution in [3.8, 4) is 0 Å². The van der Waals surface area contributed by atoms with Crippen LogP contribution in [0.2, 0.25) is 0 Å². The molecule has 1 aromatic rings. The minimum Gasteiger partial charge on any atom is -0.381 e. The predicted octanol–water partition coefficient (Wildman–Crippen LogP) is 4.06. The van der Waals surface area contributed by atoms with Gasteiger partial charge in [0.2, 0.25) is 0 Å². The number of aryl methyl sites for hydroxylation is 1. The monoisotopic (exact) mass is 304 g/mol. The summed E-state index contributed by atoms with van der Waals surface area (Å²) in [6.07, 6.45) is 11.5. The zero-order valence-electron chi connectivity index (χ0n) is 14.7. The molecule has 124 valence electrons. The average molecular weight is 304 g/mol. The minimum absolute atomic E-state index is 0.507. The number of hydrogen-bond acceptors (Lipinski definition) is 4. The van der Waals surface area contributed by atoms with Crippen molar-refractivity contribution in [2.45, 2.75) is 71.9 Å². The van der Waals surface area contributed by atoms with Crippen LogP contribution in [0.25, 0.3) is 0 Å². The Morgan fingerprint density at radius 1 is 1.32 bits per heavy atom. The number of rotatable bonds is 4. The summed E-state index contributed by atoms with van der Waals surface area (Å²) in [7, 11) is 1.79. The highest BCUT2D eigenvalue weighted by Crippen LogP contribution is 2.27. The molecule has 0 spiro atoms. The predicted molar refractivity (Wildman–Crippen MR) is 96.8 cm³/mol. The van der Waals surface area contributed by atoms with Crippen molar-refractivity contribution in [2.24, 2.45) is 10.7 Å². The maximum atomic E-state index is 5.85. The summed E-state index contributed by atoms with van der Waals surface area (Å²) in [4.78, 5) is 8.56. The van der Waals surface area contributed by atoms with Crippen LogP contribution < -0.4 is 11.1 Å². The third-order valence-electron chi connectivity index (χ3n) is 3.83. The molecule has 4 nitrogen and oxygen atoms in total. The molecule has 0 aliphatic heterocycles. The van der Waals surface area contributed by atoms with Crippen LogP contribution in [0.15, 0.2) is 11.2 Å². The Balaban J connectivity index is 0.000000745. The first kappa shape index (κ1) is 18.6. The molecule has 0 amide bonds. The first-order valence-corrected chi connectivity index (χ1v) is 8.55. The Hall–Kier alpha value is -1.42. The van der Waals surface area contributed by atoms with E-state index in [1.807, 2.05) is 19.3 Å². The van der Waals surface area contributed by atoms with Crippen molar-refractivity contribution in [1.82, 2.24) is 4.98 Å². The summed E-state index contributed by atoms with van der Waals surface area (Å²) in [6.45, 7) is 6.77. The molecule has 2 rings (SSSR count). The highest BCUT2D eigenvalue weighted by Gasteiger charge is 2.17. The summed E-state index contributed by atoms with van der Waals surface area (Å²) >= 11 is 0. The van der Waals surface area contributed by atoms with Gasteiger partial charge in [-0.2, -0.15) is 0 Å². The van der Waals surface area contributed by atoms with Gasteiger partial charge in [-0.15, -0.1) is 0 Å². The molecule has 0 bridgehead atoms. The first-order chi connectivity index (χ1) is 10.7. The van der Waals surface area contributed by atoms with E-state index >= 15 is 0 Å². The topological polar surface area (TPSA) is 63.3 Å². The fourth-order valence-corrected chi connectivity index (χ4v) is 2.73. The van der Waals surface area contributed by atoms with Crippen LogP contribution in [0.3, 0.4) is 0 Å². The molecule has 1 heterocycles. The highest BCUT2D eigenvalue weighted by molar-refractivity contribution is 5.90. The highest BCUT2D eigenvalue weighted by atomic mass is 14.9. The number of nitrogens with zero attached hydrogens (tertiary/aromatic N) is 2. The van der Waals surface area contributed by atoms with E-state index in [-0.39, 0.29) is 0 Å². The van der Waals surface area contributed by atoms with Gasteiger partial charge in [0.05, 0.1) is 5.69 Å². The molecule has 1 aliphatic rings. The van der Waals surface area contributed by atoms with Crippen LogP contribution in [0, 0.1) is 6.92 Å². The van der Waals surface area contributed by atoms with Crippen molar-refractivity contribution in [3.05, 3.63) is 23.0 Å². The van der Waals surface area contributed by atoms with Crippen molar-refractivity contribution in [3.63, 3.8) is 0 Å². The molecule has 0 unspecified atom stereocenters. The van der Waals surface area contributed by atoms with Gasteiger partial charge < -0.3 is 11.1 Å². The summed E-state index contributed by atoms with van der Waals surface area (Å²) in [6, 6.07) is 0.560. The number of anilines is 1. The molecule has 0 atom stereocenters. The molecule has 0 radical (unpaired) electrons. The van der Waals surface area contributed by atoms with Crippen LogP contribution in [-0.4, -0.2) is 24.3 Å². The minimum atomic E-state index is 0.507. The second-order valence-corrected chi connectivity index (χ2v) is 5.94. The molecule has 0 saturated heterocycles. The maximum absolute atomic E-state index is 5.85. The summed E-state index contributed by atoms with van der Waals surface area (Å²) in [5.74, 6) is 0. The van der Waals surface area contributed by atoms with E-state index in [1.54, 1.807) is 7.05 Å². The summed E-state index contributed by atoms with van der Waals surface area (Å²) in [5, 5.41) is 3.68. The molecule has 3 N–H and O–H groups in total. The largest absolute Gasteiger partial charge is 0.381 e. The van der Waals surface area contributed by atoms with Crippen LogP contribution >= 0.6 is 0 Å². The Labute approximate surface area is 135 Å². The molecule has 4 heteroatoms. The number of aromatic nitrogens is 1. The molecule has 1 aliphatic carbocycles. The molecule has 1 fully saturated rings. The van der Waals surface area contributed by atoms with Crippen LogP contribution in [-0.2, 0) is 6.54 Å². The van der Waals surface area contributed by atoms with E-state index in [0.29, 0.717) is 12.6 Å². The Morgan fingerprint density at radius 2 is 1.95 bits per heavy atom. The number of hydrogen-bond donors (Lipinski definition) is 2. The van der Waals surface area contributed by atoms with Gasteiger partial charge in [0, 0.05) is 48.9 Å². The quantitative estimate of drug-likeness (QED) is 0.825. The number of pyridine rings is 1. The zero-order valence-corrected chi connectivity index (χ0v) is 14.7. The SMILES string of the molecule is CCC.CN=Cc1c(C)ncc(CN)c1NC1CCCCC1. The first-order valence-electron chi connectivity index (χ1n) is 8.55. The van der Waals surface area contributed by atoms with Crippen LogP contribution in [0.5, 0.6) is 0 Å². The van der Waals surface area contributed by atoms with E-state index in [4.69, 9.17) is 5.73 Å². The summed E-state index contributed by atoms with van der Waals surface area (Å²) < 4.78 is 0. The Bertz CT molecular complexity index is 462. The van der Waals surface area contributed by atoms with Crippen molar-refractivity contribution >= 4 is 11.9 Å². The van der Waals surface area contributed by atoms with Crippen LogP contribution in [0.1, 0.15) is 69.2 Å². The molecule has 1 aromatic heterocycles. The molecular weight excluding hydrogens is 272 g/mol. The molecular formula is C18H32N4. The van der Waals surface area contributed by atoms with Gasteiger partial charge in [0.15, 0.2) is 0 Å². The number of nitrogens with one attached hydrogen (secondary N) is 1. The fourth-order valence-electron chi connectivity index (χ4n) is 2.73. The van der Waals surface area contributed by atoms with Gasteiger partial charge >= 0.3 is 0 Å². The number of nitrogens with two attached hydrogens (primary N) is 1. The Morgan fingerprint density at radius 3 is 2.50 bits per heavy atom. The van der Waals surface area contributed by atoms with E-state index in [9.17, 15) is 0 Å². The van der Waals surface area contributed by atoms with Crippen molar-refractivity contribution in [2.75, 3.05) is 12.4 Å². The second-order valence-electron chi connectivity index (χ2n) is 5.94. The zero-order chi connectivity index (χ0) is 16.4. The van der Waals surface area contributed by atoms with E-state index in [2.05, 4.69) is 29.1 Å². The van der Waals surface area contributed by atoms with Crippen molar-refractivity contribution in [1.29, 1.82) is 0 Å². The van der Waals surface area contributed by atoms with Gasteiger partial charge in [0.25, 0.3) is 0 Å². The Kier molecular flexibility index (Phi) is 8.75. The smallest absolute Gasteiger partial charge is 0.0510 e. The fraction of sp³-hybridized carbons (Fsp3) is 0.667. The van der Waals surface area contributed by atoms with Gasteiger partial charge in [-0.1, -0.05) is 39.5 Å². The van der Waals surface area contributed by atoms with Crippen molar-refractivity contribution < 1.29 is 0 Å². The van der Waals surface area contributed by atoms with Gasteiger partial charge in [0.1, 0.15) is 0 Å². The summed E-state index contributed by atoms with van der Waals surface area (Å²) in [5.41, 5.74) is 10.1.